The molecule has 3 nitrogen and oxygen atoms in total. The Bertz CT molecular complexity index is 1810. The fourth-order valence-electron chi connectivity index (χ4n) is 7.65. The van der Waals surface area contributed by atoms with E-state index in [9.17, 15) is 0 Å². The van der Waals surface area contributed by atoms with Crippen LogP contribution in [-0.2, 0) is 0 Å². The van der Waals surface area contributed by atoms with E-state index in [0.29, 0.717) is 11.8 Å². The number of rotatable bonds is 4. The normalized spacial score (nSPS) is 17.3. The Kier molecular flexibility index (Phi) is 5.97. The van der Waals surface area contributed by atoms with Crippen molar-refractivity contribution in [1.82, 2.24) is 9.55 Å². The zero-order chi connectivity index (χ0) is 26.5. The second-order valence-corrected chi connectivity index (χ2v) is 12.0. The molecule has 0 amide bonds. The van der Waals surface area contributed by atoms with E-state index in [1.165, 1.54) is 91.8 Å². The third-order valence-corrected chi connectivity index (χ3v) is 9.59. The molecule has 2 heterocycles. The smallest absolute Gasteiger partial charge is 0.145 e. The summed E-state index contributed by atoms with van der Waals surface area (Å²) in [6.07, 6.45) is 13.0. The highest BCUT2D eigenvalue weighted by molar-refractivity contribution is 6.12. The van der Waals surface area contributed by atoms with Gasteiger partial charge >= 0.3 is 0 Å². The van der Waals surface area contributed by atoms with Gasteiger partial charge in [-0.15, -0.1) is 0 Å². The minimum atomic E-state index is 0.550. The molecular weight excluding hydrogens is 488 g/mol. The number of furan rings is 1. The summed E-state index contributed by atoms with van der Waals surface area (Å²) in [5.74, 6) is 2.13. The number of benzene rings is 4. The van der Waals surface area contributed by atoms with Gasteiger partial charge in [0.05, 0.1) is 22.1 Å². The molecular formula is C37H36N2O. The summed E-state index contributed by atoms with van der Waals surface area (Å²) >= 11 is 0. The Morgan fingerprint density at radius 3 is 2.08 bits per heavy atom. The molecule has 0 aliphatic heterocycles. The van der Waals surface area contributed by atoms with E-state index in [1.807, 2.05) is 0 Å². The molecule has 200 valence electrons. The highest BCUT2D eigenvalue weighted by Gasteiger charge is 2.30. The highest BCUT2D eigenvalue weighted by atomic mass is 16.3. The fourth-order valence-corrected chi connectivity index (χ4v) is 7.65. The first kappa shape index (κ1) is 24.0. The molecule has 8 rings (SSSR count). The predicted molar refractivity (Wildman–Crippen MR) is 165 cm³/mol. The van der Waals surface area contributed by atoms with Gasteiger partial charge in [-0.2, -0.15) is 0 Å². The van der Waals surface area contributed by atoms with Crippen LogP contribution >= 0.6 is 0 Å². The molecule has 2 aromatic heterocycles. The third-order valence-electron chi connectivity index (χ3n) is 9.59. The average Bonchev–Trinajstić information content (AvgIpc) is 3.61. The standard InChI is InChI=1S/C37H36N2O/c1-4-14-25(15-5-1)29-24-30(26-16-6-2-7-17-26)36-34(28-20-10-13-23-33(28)40-36)35(29)39-32-22-12-11-21-31(32)38-37(39)27-18-8-3-9-19-27/h3,8-13,18-26H,1-2,4-7,14-17H2. The molecule has 2 aliphatic rings. The van der Waals surface area contributed by atoms with Crippen LogP contribution in [0.25, 0.3) is 50.0 Å². The monoisotopic (exact) mass is 524 g/mol. The molecule has 0 saturated heterocycles. The number of imidazole rings is 1. The van der Waals surface area contributed by atoms with Crippen LogP contribution in [0.3, 0.4) is 0 Å². The number of fused-ring (bicyclic) bond motifs is 4. The molecule has 0 bridgehead atoms. The van der Waals surface area contributed by atoms with E-state index in [1.54, 1.807) is 0 Å². The molecule has 0 N–H and O–H groups in total. The molecule has 0 atom stereocenters. The van der Waals surface area contributed by atoms with Gasteiger partial charge in [0, 0.05) is 10.9 Å². The molecule has 2 saturated carbocycles. The van der Waals surface area contributed by atoms with Crippen molar-refractivity contribution in [2.75, 3.05) is 0 Å². The Labute approximate surface area is 235 Å². The number of para-hydroxylation sites is 3. The number of hydrogen-bond acceptors (Lipinski definition) is 2. The van der Waals surface area contributed by atoms with Crippen LogP contribution < -0.4 is 0 Å². The molecule has 0 unspecified atom stereocenters. The van der Waals surface area contributed by atoms with Crippen molar-refractivity contribution >= 4 is 33.0 Å². The van der Waals surface area contributed by atoms with Crippen molar-refractivity contribution in [2.24, 2.45) is 0 Å². The summed E-state index contributed by atoms with van der Waals surface area (Å²) in [7, 11) is 0. The van der Waals surface area contributed by atoms with Gasteiger partial charge in [0.15, 0.2) is 0 Å². The predicted octanol–water partition coefficient (Wildman–Crippen LogP) is 10.7. The Morgan fingerprint density at radius 1 is 0.650 bits per heavy atom. The lowest BCUT2D eigenvalue weighted by Gasteiger charge is -2.29. The van der Waals surface area contributed by atoms with Crippen LogP contribution in [0, 0.1) is 0 Å². The van der Waals surface area contributed by atoms with Crippen LogP contribution in [0.1, 0.15) is 87.2 Å². The second-order valence-electron chi connectivity index (χ2n) is 12.0. The summed E-state index contributed by atoms with van der Waals surface area (Å²) < 4.78 is 9.32. The maximum absolute atomic E-state index is 6.84. The van der Waals surface area contributed by atoms with Crippen LogP contribution in [0.15, 0.2) is 89.3 Å². The first-order valence-corrected chi connectivity index (χ1v) is 15.4. The molecule has 6 aromatic rings. The van der Waals surface area contributed by atoms with Crippen LogP contribution in [0.2, 0.25) is 0 Å². The number of nitrogens with zero attached hydrogens (tertiary/aromatic N) is 2. The molecule has 2 fully saturated rings. The van der Waals surface area contributed by atoms with Gasteiger partial charge in [0.2, 0.25) is 0 Å². The van der Waals surface area contributed by atoms with Crippen molar-refractivity contribution in [1.29, 1.82) is 0 Å². The van der Waals surface area contributed by atoms with E-state index < -0.39 is 0 Å². The van der Waals surface area contributed by atoms with Crippen molar-refractivity contribution in [3.05, 3.63) is 96.1 Å². The molecule has 3 heteroatoms. The molecule has 0 spiro atoms. The van der Waals surface area contributed by atoms with E-state index in [4.69, 9.17) is 9.40 Å². The van der Waals surface area contributed by atoms with Crippen molar-refractivity contribution in [3.8, 4) is 17.1 Å². The molecule has 0 radical (unpaired) electrons. The van der Waals surface area contributed by atoms with Gasteiger partial charge < -0.3 is 4.42 Å². The van der Waals surface area contributed by atoms with Crippen LogP contribution in [0.5, 0.6) is 0 Å². The van der Waals surface area contributed by atoms with E-state index in [2.05, 4.69) is 89.5 Å². The summed E-state index contributed by atoms with van der Waals surface area (Å²) in [6.45, 7) is 0. The zero-order valence-corrected chi connectivity index (χ0v) is 23.1. The van der Waals surface area contributed by atoms with E-state index in [0.717, 1.165) is 33.6 Å². The molecule has 2 aliphatic carbocycles. The minimum absolute atomic E-state index is 0.550. The van der Waals surface area contributed by atoms with Crippen molar-refractivity contribution in [2.45, 2.75) is 76.0 Å². The van der Waals surface area contributed by atoms with Gasteiger partial charge in [-0.1, -0.05) is 99.2 Å². The number of hydrogen-bond donors (Lipinski definition) is 0. The fraction of sp³-hybridized carbons (Fsp3) is 0.324. The SMILES string of the molecule is c1ccc(-c2nc3ccccc3n2-c2c(C3CCCCC3)cc(C3CCCCC3)c3oc4ccccc4c23)cc1. The van der Waals surface area contributed by atoms with Gasteiger partial charge in [-0.3, -0.25) is 4.57 Å². The Balaban J connectivity index is 1.53. The second kappa shape index (κ2) is 9.96. The lowest BCUT2D eigenvalue weighted by atomic mass is 9.78. The first-order chi connectivity index (χ1) is 19.9. The summed E-state index contributed by atoms with van der Waals surface area (Å²) in [5, 5.41) is 2.50. The topological polar surface area (TPSA) is 31.0 Å². The molecule has 40 heavy (non-hydrogen) atoms. The summed E-state index contributed by atoms with van der Waals surface area (Å²) in [5.41, 5.74) is 9.66. The zero-order valence-electron chi connectivity index (χ0n) is 23.1. The van der Waals surface area contributed by atoms with Gasteiger partial charge in [0.25, 0.3) is 0 Å². The number of aromatic nitrogens is 2. The van der Waals surface area contributed by atoms with Crippen LogP contribution in [-0.4, -0.2) is 9.55 Å². The Hall–Kier alpha value is -3.85. The largest absolute Gasteiger partial charge is 0.456 e. The third kappa shape index (κ3) is 3.90. The van der Waals surface area contributed by atoms with Crippen molar-refractivity contribution in [3.63, 3.8) is 0 Å². The Morgan fingerprint density at radius 2 is 1.30 bits per heavy atom. The van der Waals surface area contributed by atoms with E-state index >= 15 is 0 Å². The molecule has 4 aromatic carbocycles. The quantitative estimate of drug-likeness (QED) is 0.230. The summed E-state index contributed by atoms with van der Waals surface area (Å²) in [4.78, 5) is 5.26. The van der Waals surface area contributed by atoms with Crippen LogP contribution in [0.4, 0.5) is 0 Å². The maximum atomic E-state index is 6.84. The average molecular weight is 525 g/mol. The van der Waals surface area contributed by atoms with Gasteiger partial charge in [0.1, 0.15) is 17.0 Å². The van der Waals surface area contributed by atoms with Gasteiger partial charge in [-0.25, -0.2) is 4.98 Å². The first-order valence-electron chi connectivity index (χ1n) is 15.4. The summed E-state index contributed by atoms with van der Waals surface area (Å²) in [6, 6.07) is 30.6. The minimum Gasteiger partial charge on any atom is -0.456 e. The van der Waals surface area contributed by atoms with Gasteiger partial charge in [-0.05, 0) is 72.9 Å². The maximum Gasteiger partial charge on any atom is 0.145 e. The lowest BCUT2D eigenvalue weighted by Crippen LogP contribution is -2.13. The highest BCUT2D eigenvalue weighted by Crippen LogP contribution is 2.48. The lowest BCUT2D eigenvalue weighted by molar-refractivity contribution is 0.434. The van der Waals surface area contributed by atoms with Crippen molar-refractivity contribution < 1.29 is 4.42 Å². The van der Waals surface area contributed by atoms with E-state index in [-0.39, 0.29) is 0 Å².